The predicted octanol–water partition coefficient (Wildman–Crippen LogP) is 2.33. The van der Waals surface area contributed by atoms with E-state index >= 15 is 0 Å². The van der Waals surface area contributed by atoms with Crippen LogP contribution < -0.4 is 0 Å². The molecule has 0 saturated carbocycles. The lowest BCUT2D eigenvalue weighted by molar-refractivity contribution is -0.189. The fourth-order valence-electron chi connectivity index (χ4n) is 3.01. The number of halogens is 2. The Labute approximate surface area is 142 Å². The molecule has 2 atom stereocenters. The zero-order chi connectivity index (χ0) is 17.3. The number of hydrogen-bond donors (Lipinski definition) is 0. The Balaban J connectivity index is 1.65. The first-order valence-electron chi connectivity index (χ1n) is 7.83. The SMILES string of the molecule is Fc1ccc([C@@]2(Cn3ccnc3)OC[C@H](Cn3ccnc3)O2)c(F)c1. The topological polar surface area (TPSA) is 54.1 Å². The zero-order valence-corrected chi connectivity index (χ0v) is 13.3. The van der Waals surface area contributed by atoms with E-state index in [1.54, 1.807) is 35.8 Å². The molecule has 0 unspecified atom stereocenters. The van der Waals surface area contributed by atoms with Crippen molar-refractivity contribution in [2.45, 2.75) is 25.0 Å². The molecule has 3 heterocycles. The summed E-state index contributed by atoms with van der Waals surface area (Å²) in [5.41, 5.74) is 0.163. The van der Waals surface area contributed by atoms with Gasteiger partial charge < -0.3 is 18.6 Å². The minimum atomic E-state index is -1.34. The fraction of sp³-hybridized carbons (Fsp3) is 0.294. The maximum atomic E-state index is 14.4. The highest BCUT2D eigenvalue weighted by Crippen LogP contribution is 2.38. The summed E-state index contributed by atoms with van der Waals surface area (Å²) >= 11 is 0. The molecular weight excluding hydrogens is 330 g/mol. The van der Waals surface area contributed by atoms with Crippen molar-refractivity contribution >= 4 is 0 Å². The second-order valence-corrected chi connectivity index (χ2v) is 5.92. The number of imidazole rings is 2. The highest BCUT2D eigenvalue weighted by Gasteiger charge is 2.45. The number of benzene rings is 1. The smallest absolute Gasteiger partial charge is 0.216 e. The first-order chi connectivity index (χ1) is 12.1. The molecule has 25 heavy (non-hydrogen) atoms. The van der Waals surface area contributed by atoms with E-state index in [-0.39, 0.29) is 24.8 Å². The molecular formula is C17H16F2N4O2. The molecule has 0 aliphatic carbocycles. The monoisotopic (exact) mass is 346 g/mol. The van der Waals surface area contributed by atoms with E-state index in [1.165, 1.54) is 12.1 Å². The Morgan fingerprint density at radius 2 is 1.88 bits per heavy atom. The molecule has 0 amide bonds. The summed E-state index contributed by atoms with van der Waals surface area (Å²) < 4.78 is 43.4. The first kappa shape index (κ1) is 15.9. The van der Waals surface area contributed by atoms with Crippen molar-refractivity contribution in [3.8, 4) is 0 Å². The molecule has 1 aliphatic heterocycles. The van der Waals surface area contributed by atoms with Crippen molar-refractivity contribution in [2.75, 3.05) is 6.61 Å². The molecule has 4 rings (SSSR count). The third-order valence-corrected chi connectivity index (χ3v) is 4.12. The van der Waals surface area contributed by atoms with Gasteiger partial charge >= 0.3 is 0 Å². The van der Waals surface area contributed by atoms with Crippen LogP contribution in [0.4, 0.5) is 8.78 Å². The Morgan fingerprint density at radius 1 is 1.12 bits per heavy atom. The van der Waals surface area contributed by atoms with Crippen LogP contribution in [0.2, 0.25) is 0 Å². The second-order valence-electron chi connectivity index (χ2n) is 5.92. The van der Waals surface area contributed by atoms with Crippen LogP contribution in [-0.2, 0) is 28.4 Å². The van der Waals surface area contributed by atoms with Crippen LogP contribution in [0, 0.1) is 11.6 Å². The van der Waals surface area contributed by atoms with Crippen molar-refractivity contribution in [2.24, 2.45) is 0 Å². The van der Waals surface area contributed by atoms with Gasteiger partial charge in [0.1, 0.15) is 17.7 Å². The van der Waals surface area contributed by atoms with Gasteiger partial charge in [0.2, 0.25) is 5.79 Å². The van der Waals surface area contributed by atoms with Crippen LogP contribution in [0.3, 0.4) is 0 Å². The summed E-state index contributed by atoms with van der Waals surface area (Å²) in [4.78, 5) is 7.99. The third-order valence-electron chi connectivity index (χ3n) is 4.12. The summed E-state index contributed by atoms with van der Waals surface area (Å²) in [6.45, 7) is 1.01. The lowest BCUT2D eigenvalue weighted by atomic mass is 10.0. The van der Waals surface area contributed by atoms with E-state index in [1.807, 2.05) is 10.8 Å². The molecule has 1 aliphatic rings. The lowest BCUT2D eigenvalue weighted by Gasteiger charge is -2.29. The Morgan fingerprint density at radius 3 is 2.56 bits per heavy atom. The van der Waals surface area contributed by atoms with Crippen molar-refractivity contribution in [1.29, 1.82) is 0 Å². The number of aromatic nitrogens is 4. The van der Waals surface area contributed by atoms with Crippen LogP contribution >= 0.6 is 0 Å². The lowest BCUT2D eigenvalue weighted by Crippen LogP contribution is -2.35. The van der Waals surface area contributed by atoms with Gasteiger partial charge in [-0.25, -0.2) is 18.7 Å². The Kier molecular flexibility index (Phi) is 4.06. The molecule has 0 radical (unpaired) electrons. The van der Waals surface area contributed by atoms with Gasteiger partial charge in [-0.2, -0.15) is 0 Å². The number of rotatable bonds is 5. The van der Waals surface area contributed by atoms with E-state index < -0.39 is 17.4 Å². The van der Waals surface area contributed by atoms with E-state index in [4.69, 9.17) is 9.47 Å². The maximum absolute atomic E-state index is 14.4. The van der Waals surface area contributed by atoms with Crippen LogP contribution in [0.5, 0.6) is 0 Å². The molecule has 1 fully saturated rings. The molecule has 0 spiro atoms. The van der Waals surface area contributed by atoms with Gasteiger partial charge in [0.05, 0.1) is 32.4 Å². The first-order valence-corrected chi connectivity index (χ1v) is 7.83. The molecule has 1 saturated heterocycles. The highest BCUT2D eigenvalue weighted by molar-refractivity contribution is 5.24. The largest absolute Gasteiger partial charge is 0.342 e. The molecule has 1 aromatic carbocycles. The van der Waals surface area contributed by atoms with E-state index in [2.05, 4.69) is 9.97 Å². The molecule has 8 heteroatoms. The van der Waals surface area contributed by atoms with E-state index in [0.717, 1.165) is 6.07 Å². The molecule has 2 aromatic heterocycles. The Bertz CT molecular complexity index is 838. The Hall–Kier alpha value is -2.58. The van der Waals surface area contributed by atoms with Crippen LogP contribution in [-0.4, -0.2) is 31.8 Å². The minimum absolute atomic E-state index is 0.163. The van der Waals surface area contributed by atoms with Gasteiger partial charge in [0.25, 0.3) is 0 Å². The standard InChI is InChI=1S/C17H16F2N4O2/c18-13-1-2-15(16(19)7-13)17(10-23-6-4-21-12-23)24-9-14(25-17)8-22-5-3-20-11-22/h1-7,11-12,14H,8-10H2/t14-,17-/m0/s1. The molecule has 0 N–H and O–H groups in total. The quantitative estimate of drug-likeness (QED) is 0.712. The van der Waals surface area contributed by atoms with Gasteiger partial charge in [-0.3, -0.25) is 0 Å². The summed E-state index contributed by atoms with van der Waals surface area (Å²) in [6.07, 6.45) is 9.83. The van der Waals surface area contributed by atoms with Gasteiger partial charge in [0.15, 0.2) is 0 Å². The van der Waals surface area contributed by atoms with Gasteiger partial charge in [-0.05, 0) is 12.1 Å². The van der Waals surface area contributed by atoms with Crippen molar-refractivity contribution in [1.82, 2.24) is 19.1 Å². The van der Waals surface area contributed by atoms with Crippen LogP contribution in [0.1, 0.15) is 5.56 Å². The molecule has 3 aromatic rings. The normalized spacial score (nSPS) is 23.2. The van der Waals surface area contributed by atoms with E-state index in [9.17, 15) is 8.78 Å². The summed E-state index contributed by atoms with van der Waals surface area (Å²) in [5, 5.41) is 0. The maximum Gasteiger partial charge on any atom is 0.216 e. The number of nitrogens with zero attached hydrogens (tertiary/aromatic N) is 4. The number of ether oxygens (including phenoxy) is 2. The average molecular weight is 346 g/mol. The third kappa shape index (κ3) is 3.18. The number of hydrogen-bond acceptors (Lipinski definition) is 4. The van der Waals surface area contributed by atoms with E-state index in [0.29, 0.717) is 6.54 Å². The fourth-order valence-corrected chi connectivity index (χ4v) is 3.01. The summed E-state index contributed by atoms with van der Waals surface area (Å²) in [7, 11) is 0. The average Bonchev–Trinajstić information content (AvgIpc) is 3.31. The van der Waals surface area contributed by atoms with Crippen molar-refractivity contribution < 1.29 is 18.3 Å². The zero-order valence-electron chi connectivity index (χ0n) is 13.3. The van der Waals surface area contributed by atoms with Crippen molar-refractivity contribution in [3.05, 3.63) is 72.8 Å². The van der Waals surface area contributed by atoms with Crippen molar-refractivity contribution in [3.63, 3.8) is 0 Å². The van der Waals surface area contributed by atoms with Gasteiger partial charge in [0, 0.05) is 36.4 Å². The summed E-state index contributed by atoms with van der Waals surface area (Å²) in [5.74, 6) is -2.70. The highest BCUT2D eigenvalue weighted by atomic mass is 19.1. The second kappa shape index (κ2) is 6.38. The molecule has 130 valence electrons. The minimum Gasteiger partial charge on any atom is -0.342 e. The molecule has 0 bridgehead atoms. The van der Waals surface area contributed by atoms with Crippen LogP contribution in [0.15, 0.2) is 55.6 Å². The summed E-state index contributed by atoms with van der Waals surface area (Å²) in [6, 6.07) is 3.39. The predicted molar refractivity (Wildman–Crippen MR) is 83.3 cm³/mol. The molecule has 6 nitrogen and oxygen atoms in total. The van der Waals surface area contributed by atoms with Gasteiger partial charge in [-0.15, -0.1) is 0 Å². The van der Waals surface area contributed by atoms with Crippen LogP contribution in [0.25, 0.3) is 0 Å². The van der Waals surface area contributed by atoms with Gasteiger partial charge in [-0.1, -0.05) is 0 Å².